The van der Waals surface area contributed by atoms with Gasteiger partial charge in [0.15, 0.2) is 0 Å². The molecule has 0 aliphatic carbocycles. The second kappa shape index (κ2) is 19.9. The van der Waals surface area contributed by atoms with E-state index in [1.807, 2.05) is 18.2 Å². The van der Waals surface area contributed by atoms with Gasteiger partial charge in [0.1, 0.15) is 5.82 Å². The first kappa shape index (κ1) is 34.5. The molecule has 0 fully saturated rings. The van der Waals surface area contributed by atoms with E-state index >= 15 is 0 Å². The van der Waals surface area contributed by atoms with E-state index in [0.717, 1.165) is 33.0 Å². The Morgan fingerprint density at radius 1 is 0.553 bits per heavy atom. The van der Waals surface area contributed by atoms with Crippen molar-refractivity contribution in [1.29, 1.82) is 0 Å². The molecule has 0 saturated carbocycles. The summed E-state index contributed by atoms with van der Waals surface area (Å²) in [7, 11) is 0. The Bertz CT molecular complexity index is 4800. The van der Waals surface area contributed by atoms with Crippen LogP contribution in [0.1, 0.15) is 85.7 Å². The van der Waals surface area contributed by atoms with Gasteiger partial charge in [-0.1, -0.05) is 192 Å². The van der Waals surface area contributed by atoms with E-state index in [-0.39, 0.29) is 93.4 Å². The zero-order chi connectivity index (χ0) is 65.3. The Kier molecular flexibility index (Phi) is 9.01. The van der Waals surface area contributed by atoms with E-state index in [9.17, 15) is 5.48 Å². The third kappa shape index (κ3) is 9.28. The molecular formula is C70H58N4OPt-2. The van der Waals surface area contributed by atoms with Gasteiger partial charge in [-0.2, -0.15) is 18.2 Å². The molecular weight excluding hydrogens is 1110 g/mol. The number of rotatable bonds is 9. The third-order valence-corrected chi connectivity index (χ3v) is 13.6. The van der Waals surface area contributed by atoms with Crippen molar-refractivity contribution in [3.63, 3.8) is 0 Å². The van der Waals surface area contributed by atoms with Gasteiger partial charge in [-0.05, 0) is 127 Å². The van der Waals surface area contributed by atoms with Crippen LogP contribution in [-0.2, 0) is 31.9 Å². The molecule has 0 bridgehead atoms. The predicted octanol–water partition coefficient (Wildman–Crippen LogP) is 17.5. The number of ether oxygens (including phenoxy) is 1. The first-order valence-electron chi connectivity index (χ1n) is 32.5. The van der Waals surface area contributed by atoms with Crippen molar-refractivity contribution in [2.75, 3.05) is 0 Å². The number of fused-ring (bicyclic) bond motifs is 4. The number of hydrogen-bond donors (Lipinski definition) is 0. The summed E-state index contributed by atoms with van der Waals surface area (Å²) in [5.41, 5.74) is 5.30. The monoisotopic (exact) mass is 1180 g/mol. The first-order valence-corrected chi connectivity index (χ1v) is 24.5. The van der Waals surface area contributed by atoms with Crippen LogP contribution in [0.15, 0.2) is 206 Å². The van der Waals surface area contributed by atoms with Crippen LogP contribution in [0, 0.1) is 32.2 Å². The van der Waals surface area contributed by atoms with Crippen molar-refractivity contribution in [2.45, 2.75) is 66.1 Å². The summed E-state index contributed by atoms with van der Waals surface area (Å²) in [6.07, 6.45) is 5.17. The summed E-state index contributed by atoms with van der Waals surface area (Å²) < 4.78 is 152. The maximum absolute atomic E-state index is 9.25. The SMILES string of the molecule is [2H]c1c([2H])c([2H])c(-c2cccc(-c3c([2H])c([2H])c([2H])c([2H])c3[2H])c2-[n+]2[c-]n(-c3[c-]c(Oc4[c-]c5c(cc4)c4cc(-c6ccc(C(C)(C)C)cc6)ccc4n5-c4cc(C(C)(C)C)ccn4)ccc3)c3ccc(-c4c(C([2H])([2H])[2H])cccc4C([2H])([2H])[2H])cc32)c([2H])c1[2H].[Pt]. The molecule has 12 rings (SSSR count). The molecule has 0 N–H and O–H groups in total. The van der Waals surface area contributed by atoms with Crippen LogP contribution in [-0.4, -0.2) is 14.1 Å². The molecule has 0 radical (unpaired) electrons. The number of nitrogens with zero attached hydrogens (tertiary/aromatic N) is 4. The van der Waals surface area contributed by atoms with Crippen LogP contribution >= 0.6 is 0 Å². The number of aromatic nitrogens is 4. The van der Waals surface area contributed by atoms with Crippen molar-refractivity contribution in [3.05, 3.63) is 247 Å². The molecule has 6 heteroatoms. The quantitative estimate of drug-likeness (QED) is 0.107. The summed E-state index contributed by atoms with van der Waals surface area (Å²) in [6.45, 7) is 7.38. The molecule has 376 valence electrons. The van der Waals surface area contributed by atoms with E-state index in [4.69, 9.17) is 26.2 Å². The van der Waals surface area contributed by atoms with E-state index in [2.05, 4.69) is 113 Å². The standard InChI is InChI=1S/C70H58N4O.Pt/c1-46-18-15-19-47(2)67(46)52-31-37-63-65(41-52)73(68-58(49-20-11-9-12-21-49)26-17-27-59(68)50-22-13-10-14-23-50)45-72(63)55-24-16-25-56(43-55)75-57-34-35-60-61-40-51(48-28-32-53(33-29-48)69(3,4)5)30-36-62(61)74(64(60)44-57)66-42-54(38-39-71-66)70(6,7)8;/h9-42H,1-8H3;/q-2;/i1D3,2D3,9D,10D,11D,12D,13D,14D,20D,21D,22D,23D;. The Hall–Kier alpha value is -8.11. The zero-order valence-corrected chi connectivity index (χ0v) is 44.6. The Morgan fingerprint density at radius 2 is 1.17 bits per heavy atom. The van der Waals surface area contributed by atoms with Gasteiger partial charge in [-0.15, -0.1) is 29.7 Å². The summed E-state index contributed by atoms with van der Waals surface area (Å²) in [4.78, 5) is 4.91. The predicted molar refractivity (Wildman–Crippen MR) is 309 cm³/mol. The molecule has 5 nitrogen and oxygen atoms in total. The molecule has 0 aliphatic rings. The van der Waals surface area contributed by atoms with Crippen LogP contribution in [0.5, 0.6) is 11.5 Å². The van der Waals surface area contributed by atoms with E-state index in [0.29, 0.717) is 28.3 Å². The second-order valence-corrected chi connectivity index (χ2v) is 20.5. The fourth-order valence-corrected chi connectivity index (χ4v) is 9.75. The number of imidazole rings is 1. The van der Waals surface area contributed by atoms with E-state index in [1.165, 1.54) is 52.6 Å². The minimum Gasteiger partial charge on any atom is -0.510 e. The molecule has 0 saturated heterocycles. The molecule has 3 heterocycles. The van der Waals surface area contributed by atoms with Gasteiger partial charge in [0.05, 0.1) is 30.4 Å². The van der Waals surface area contributed by atoms with Gasteiger partial charge in [0, 0.05) is 52.5 Å². The van der Waals surface area contributed by atoms with Crippen molar-refractivity contribution >= 4 is 32.8 Å². The molecule has 3 aromatic heterocycles. The number of para-hydroxylation sites is 1. The zero-order valence-electron chi connectivity index (χ0n) is 58.4. The smallest absolute Gasteiger partial charge is 0.268 e. The summed E-state index contributed by atoms with van der Waals surface area (Å²) in [5.74, 6) is 1.23. The summed E-state index contributed by atoms with van der Waals surface area (Å²) in [5, 5.41) is 1.87. The van der Waals surface area contributed by atoms with Crippen LogP contribution in [0.2, 0.25) is 0 Å². The average molecular weight is 1180 g/mol. The summed E-state index contributed by atoms with van der Waals surface area (Å²) >= 11 is 0. The van der Waals surface area contributed by atoms with Crippen LogP contribution < -0.4 is 9.30 Å². The van der Waals surface area contributed by atoms with Crippen LogP contribution in [0.3, 0.4) is 0 Å². The number of aryl methyl sites for hydroxylation is 2. The first-order chi connectivity index (χ1) is 42.8. The molecule has 0 amide bonds. The van der Waals surface area contributed by atoms with Gasteiger partial charge in [0.25, 0.3) is 6.33 Å². The number of benzene rings is 9. The summed E-state index contributed by atoms with van der Waals surface area (Å²) in [6, 6.07) is 41.7. The largest absolute Gasteiger partial charge is 0.510 e. The Morgan fingerprint density at radius 3 is 1.84 bits per heavy atom. The molecule has 9 aromatic carbocycles. The molecule has 0 unspecified atom stereocenters. The maximum atomic E-state index is 9.25. The molecule has 0 aliphatic heterocycles. The maximum Gasteiger partial charge on any atom is 0.268 e. The second-order valence-electron chi connectivity index (χ2n) is 20.5. The minimum absolute atomic E-state index is 0. The fraction of sp³-hybridized carbons (Fsp3) is 0.143. The van der Waals surface area contributed by atoms with Gasteiger partial charge < -0.3 is 13.9 Å². The van der Waals surface area contributed by atoms with E-state index in [1.54, 1.807) is 41.1 Å². The van der Waals surface area contributed by atoms with E-state index < -0.39 is 74.1 Å². The molecule has 0 spiro atoms. The van der Waals surface area contributed by atoms with Crippen LogP contribution in [0.4, 0.5) is 0 Å². The average Bonchev–Trinajstić information content (AvgIpc) is 1.44. The van der Waals surface area contributed by atoms with Crippen molar-refractivity contribution in [2.24, 2.45) is 0 Å². The van der Waals surface area contributed by atoms with Gasteiger partial charge in [0.2, 0.25) is 0 Å². The Balaban J connectivity index is 0.00000867. The van der Waals surface area contributed by atoms with Crippen LogP contribution in [0.25, 0.3) is 94.5 Å². The molecule has 76 heavy (non-hydrogen) atoms. The number of hydrogen-bond acceptors (Lipinski definition) is 2. The molecule has 12 aromatic rings. The Labute approximate surface area is 483 Å². The fourth-order valence-electron chi connectivity index (χ4n) is 9.75. The topological polar surface area (TPSA) is 35.9 Å². The van der Waals surface area contributed by atoms with Gasteiger partial charge in [-0.3, -0.25) is 4.57 Å². The van der Waals surface area contributed by atoms with Crippen molar-refractivity contribution < 1.29 is 52.3 Å². The van der Waals surface area contributed by atoms with Gasteiger partial charge >= 0.3 is 0 Å². The molecule has 0 atom stereocenters. The van der Waals surface area contributed by atoms with Crippen molar-refractivity contribution in [3.8, 4) is 73.2 Å². The minimum atomic E-state index is -2.81. The number of pyridine rings is 1. The van der Waals surface area contributed by atoms with Gasteiger partial charge in [-0.25, -0.2) is 4.98 Å². The normalized spacial score (nSPS) is 15.2. The third-order valence-electron chi connectivity index (χ3n) is 13.6. The van der Waals surface area contributed by atoms with Crippen molar-refractivity contribution in [1.82, 2.24) is 14.1 Å².